The maximum absolute atomic E-state index is 5.86. The molecule has 2 rings (SSSR count). The summed E-state index contributed by atoms with van der Waals surface area (Å²) < 4.78 is 5.36. The third kappa shape index (κ3) is 3.24. The molecule has 0 saturated carbocycles. The number of rotatable bonds is 5. The van der Waals surface area contributed by atoms with Gasteiger partial charge >= 0.3 is 0 Å². The van der Waals surface area contributed by atoms with E-state index in [0.29, 0.717) is 0 Å². The molecule has 0 amide bonds. The van der Waals surface area contributed by atoms with E-state index in [9.17, 15) is 0 Å². The van der Waals surface area contributed by atoms with Crippen LogP contribution in [0.1, 0.15) is 23.4 Å². The van der Waals surface area contributed by atoms with E-state index in [4.69, 9.17) is 10.5 Å². The summed E-state index contributed by atoms with van der Waals surface area (Å²) in [6.45, 7) is 2.73. The molecule has 0 fully saturated rings. The topological polar surface area (TPSA) is 51.4 Å². The highest BCUT2D eigenvalue weighted by Gasteiger charge is 2.11. The van der Waals surface area contributed by atoms with Gasteiger partial charge in [0.25, 0.3) is 0 Å². The number of hydrogen-bond acceptors (Lipinski definition) is 5. The third-order valence-corrected chi connectivity index (χ3v) is 4.20. The lowest BCUT2D eigenvalue weighted by atomic mass is 10.2. The van der Waals surface area contributed by atoms with E-state index in [2.05, 4.69) is 16.0 Å². The molecule has 0 aliphatic carbocycles. The molecule has 0 aliphatic heterocycles. The molecule has 2 aromatic rings. The summed E-state index contributed by atoms with van der Waals surface area (Å²) in [7, 11) is 3.71. The van der Waals surface area contributed by atoms with Crippen LogP contribution in [0.4, 0.5) is 5.13 Å². The van der Waals surface area contributed by atoms with Crippen LogP contribution in [-0.2, 0) is 6.54 Å². The Kier molecular flexibility index (Phi) is 4.39. The largest absolute Gasteiger partial charge is 0.496 e. The monoisotopic (exact) mass is 277 g/mol. The number of nitrogens with two attached hydrogens (primary N) is 1. The van der Waals surface area contributed by atoms with Gasteiger partial charge in [-0.05, 0) is 13.0 Å². The first-order valence-electron chi connectivity index (χ1n) is 6.16. The molecule has 19 heavy (non-hydrogen) atoms. The van der Waals surface area contributed by atoms with Crippen LogP contribution in [0.15, 0.2) is 30.5 Å². The molecule has 1 unspecified atom stereocenters. The minimum atomic E-state index is 0.0333. The normalized spacial score (nSPS) is 12.2. The van der Waals surface area contributed by atoms with Crippen molar-refractivity contribution in [1.82, 2.24) is 4.98 Å². The zero-order chi connectivity index (χ0) is 13.8. The molecule has 0 bridgehead atoms. The van der Waals surface area contributed by atoms with Crippen LogP contribution in [0, 0.1) is 0 Å². The smallest absolute Gasteiger partial charge is 0.185 e. The number of anilines is 1. The van der Waals surface area contributed by atoms with Crippen molar-refractivity contribution in [1.29, 1.82) is 0 Å². The number of aromatic nitrogens is 1. The maximum Gasteiger partial charge on any atom is 0.185 e. The first-order chi connectivity index (χ1) is 9.11. The van der Waals surface area contributed by atoms with Crippen molar-refractivity contribution in [3.63, 3.8) is 0 Å². The van der Waals surface area contributed by atoms with Gasteiger partial charge in [0.1, 0.15) is 5.75 Å². The first kappa shape index (κ1) is 13.8. The van der Waals surface area contributed by atoms with Gasteiger partial charge in [-0.3, -0.25) is 0 Å². The van der Waals surface area contributed by atoms with Crippen LogP contribution < -0.4 is 15.4 Å². The Morgan fingerprint density at radius 3 is 2.79 bits per heavy atom. The number of nitrogens with zero attached hydrogens (tertiary/aromatic N) is 2. The van der Waals surface area contributed by atoms with E-state index in [1.165, 1.54) is 0 Å². The van der Waals surface area contributed by atoms with Gasteiger partial charge in [0.15, 0.2) is 5.13 Å². The SMILES string of the molecule is COc1ccccc1CN(C)c1ncc(C(C)N)s1. The van der Waals surface area contributed by atoms with Gasteiger partial charge in [0, 0.05) is 36.3 Å². The van der Waals surface area contributed by atoms with Crippen LogP contribution in [0.2, 0.25) is 0 Å². The van der Waals surface area contributed by atoms with E-state index in [1.54, 1.807) is 18.4 Å². The quantitative estimate of drug-likeness (QED) is 0.913. The molecule has 0 radical (unpaired) electrons. The average molecular weight is 277 g/mol. The summed E-state index contributed by atoms with van der Waals surface area (Å²) in [4.78, 5) is 7.62. The fourth-order valence-corrected chi connectivity index (χ4v) is 2.65. The van der Waals surface area contributed by atoms with Crippen molar-refractivity contribution in [3.8, 4) is 5.75 Å². The second kappa shape index (κ2) is 6.04. The van der Waals surface area contributed by atoms with Crippen molar-refractivity contribution >= 4 is 16.5 Å². The highest BCUT2D eigenvalue weighted by atomic mass is 32.1. The molecular weight excluding hydrogens is 258 g/mol. The van der Waals surface area contributed by atoms with Gasteiger partial charge in [-0.15, -0.1) is 11.3 Å². The molecule has 1 atom stereocenters. The number of hydrogen-bond donors (Lipinski definition) is 1. The van der Waals surface area contributed by atoms with Crippen molar-refractivity contribution in [2.45, 2.75) is 19.5 Å². The van der Waals surface area contributed by atoms with Crippen molar-refractivity contribution in [2.75, 3.05) is 19.1 Å². The summed E-state index contributed by atoms with van der Waals surface area (Å²) in [6, 6.07) is 8.06. The molecule has 0 saturated heterocycles. The van der Waals surface area contributed by atoms with E-state index < -0.39 is 0 Å². The minimum absolute atomic E-state index is 0.0333. The fourth-order valence-electron chi connectivity index (χ4n) is 1.82. The van der Waals surface area contributed by atoms with Gasteiger partial charge in [-0.2, -0.15) is 0 Å². The highest BCUT2D eigenvalue weighted by molar-refractivity contribution is 7.15. The molecule has 1 heterocycles. The lowest BCUT2D eigenvalue weighted by molar-refractivity contribution is 0.409. The second-order valence-corrected chi connectivity index (χ2v) is 5.54. The molecular formula is C14H19N3OS. The number of thiazole rings is 1. The van der Waals surface area contributed by atoms with E-state index in [-0.39, 0.29) is 6.04 Å². The van der Waals surface area contributed by atoms with E-state index >= 15 is 0 Å². The third-order valence-electron chi connectivity index (χ3n) is 2.89. The highest BCUT2D eigenvalue weighted by Crippen LogP contribution is 2.27. The Labute approximate surface area is 117 Å². The molecule has 1 aromatic heterocycles. The van der Waals surface area contributed by atoms with E-state index in [0.717, 1.165) is 27.9 Å². The predicted molar refractivity (Wildman–Crippen MR) is 79.8 cm³/mol. The van der Waals surface area contributed by atoms with Crippen LogP contribution in [0.25, 0.3) is 0 Å². The molecule has 0 spiro atoms. The average Bonchev–Trinajstić information content (AvgIpc) is 2.89. The van der Waals surface area contributed by atoms with E-state index in [1.807, 2.05) is 38.4 Å². The van der Waals surface area contributed by atoms with Crippen LogP contribution >= 0.6 is 11.3 Å². The summed E-state index contributed by atoms with van der Waals surface area (Å²) in [5.74, 6) is 0.901. The minimum Gasteiger partial charge on any atom is -0.496 e. The van der Waals surface area contributed by atoms with Gasteiger partial charge in [0.2, 0.25) is 0 Å². The number of benzene rings is 1. The van der Waals surface area contributed by atoms with Crippen LogP contribution in [-0.4, -0.2) is 19.1 Å². The Bertz CT molecular complexity index is 539. The summed E-state index contributed by atoms with van der Waals surface area (Å²) >= 11 is 1.63. The molecule has 0 aliphatic rings. The predicted octanol–water partition coefficient (Wildman–Crippen LogP) is 2.81. The fraction of sp³-hybridized carbons (Fsp3) is 0.357. The van der Waals surface area contributed by atoms with Gasteiger partial charge in [0.05, 0.1) is 7.11 Å². The molecule has 1 aromatic carbocycles. The van der Waals surface area contributed by atoms with Crippen molar-refractivity contribution in [3.05, 3.63) is 40.9 Å². The molecule has 5 heteroatoms. The Morgan fingerprint density at radius 2 is 2.16 bits per heavy atom. The summed E-state index contributed by atoms with van der Waals surface area (Å²) in [6.07, 6.45) is 1.85. The Hall–Kier alpha value is -1.59. The van der Waals surface area contributed by atoms with Crippen LogP contribution in [0.5, 0.6) is 5.75 Å². The van der Waals surface area contributed by atoms with Crippen LogP contribution in [0.3, 0.4) is 0 Å². The molecule has 102 valence electrons. The first-order valence-corrected chi connectivity index (χ1v) is 6.97. The van der Waals surface area contributed by atoms with Gasteiger partial charge in [-0.1, -0.05) is 18.2 Å². The Balaban J connectivity index is 2.13. The van der Waals surface area contributed by atoms with Crippen molar-refractivity contribution < 1.29 is 4.74 Å². The standard InChI is InChI=1S/C14H19N3OS/c1-10(15)13-8-16-14(19-13)17(2)9-11-6-4-5-7-12(11)18-3/h4-8,10H,9,15H2,1-3H3. The zero-order valence-corrected chi connectivity index (χ0v) is 12.3. The number of ether oxygens (including phenoxy) is 1. The Morgan fingerprint density at radius 1 is 1.42 bits per heavy atom. The molecule has 2 N–H and O–H groups in total. The number of methoxy groups -OCH3 is 1. The summed E-state index contributed by atoms with van der Waals surface area (Å²) in [5, 5.41) is 0.971. The number of para-hydroxylation sites is 1. The summed E-state index contributed by atoms with van der Waals surface area (Å²) in [5.41, 5.74) is 7.00. The van der Waals surface area contributed by atoms with Gasteiger partial charge < -0.3 is 15.4 Å². The van der Waals surface area contributed by atoms with Gasteiger partial charge in [-0.25, -0.2) is 4.98 Å². The lowest BCUT2D eigenvalue weighted by Crippen LogP contribution is -2.16. The second-order valence-electron chi connectivity index (χ2n) is 4.50. The van der Waals surface area contributed by atoms with Crippen molar-refractivity contribution in [2.24, 2.45) is 5.73 Å². The zero-order valence-electron chi connectivity index (χ0n) is 11.5. The molecule has 4 nitrogen and oxygen atoms in total. The maximum atomic E-state index is 5.86. The lowest BCUT2D eigenvalue weighted by Gasteiger charge is -2.17.